The smallest absolute Gasteiger partial charge is 1.00 e. The molecule has 0 N–H and O–H groups in total. The summed E-state index contributed by atoms with van der Waals surface area (Å²) in [6.45, 7) is 0. The van der Waals surface area contributed by atoms with Crippen molar-refractivity contribution in [2.45, 2.75) is 0 Å². The molecule has 0 aromatic rings. The Morgan fingerprint density at radius 2 is 0.667 bits per heavy atom. The van der Waals surface area contributed by atoms with E-state index in [2.05, 4.69) is 0 Å². The first-order valence-corrected chi connectivity index (χ1v) is 5.71. The Morgan fingerprint density at radius 3 is 0.667 bits per heavy atom. The number of nitriles is 6. The largest absolute Gasteiger partial charge is 4.00 e. The van der Waals surface area contributed by atoms with Crippen LogP contribution in [0.2, 0.25) is 0 Å². The van der Waals surface area contributed by atoms with E-state index in [4.69, 9.17) is 31.6 Å². The summed E-state index contributed by atoms with van der Waals surface area (Å²) < 4.78 is 0. The fraction of sp³-hybridized carbons (Fsp3) is 0. The molecule has 0 amide bonds. The molecule has 15 heavy (non-hydrogen) atoms. The van der Waals surface area contributed by atoms with Gasteiger partial charge in [-0.15, -0.1) is 0 Å². The van der Waals surface area contributed by atoms with Crippen molar-refractivity contribution in [2.24, 2.45) is 0 Å². The Hall–Kier alpha value is -0.105. The van der Waals surface area contributed by atoms with Gasteiger partial charge in [0.05, 0.1) is 0 Å². The first-order valence-electron chi connectivity index (χ1n) is 2.40. The summed E-state index contributed by atoms with van der Waals surface area (Å²) in [4.78, 5) is 6.19. The molecule has 65 valence electrons. The van der Waals surface area contributed by atoms with Gasteiger partial charge < -0.3 is 0 Å². The summed E-state index contributed by atoms with van der Waals surface area (Å²) in [5, 5.41) is 51.5. The van der Waals surface area contributed by atoms with Gasteiger partial charge >= 0.3 is 147 Å². The third kappa shape index (κ3) is 2.20. The van der Waals surface area contributed by atoms with Gasteiger partial charge in [-0.3, -0.25) is 0 Å². The van der Waals surface area contributed by atoms with Gasteiger partial charge in [-0.25, -0.2) is 0 Å². The van der Waals surface area contributed by atoms with Crippen LogP contribution in [-0.4, -0.2) is 23.9 Å². The third-order valence-corrected chi connectivity index (χ3v) is 4.89. The van der Waals surface area contributed by atoms with E-state index in [-0.39, 0.29) is 75.3 Å². The van der Waals surface area contributed by atoms with Crippen LogP contribution < -0.4 is 51.4 Å². The van der Waals surface area contributed by atoms with Gasteiger partial charge in [0.25, 0.3) is 0 Å². The van der Waals surface area contributed by atoms with Crippen molar-refractivity contribution in [2.75, 3.05) is 0 Å². The summed E-state index contributed by atoms with van der Waals surface area (Å²) in [5.74, 6) is 0. The summed E-state index contributed by atoms with van der Waals surface area (Å²) in [5.41, 5.74) is 0. The minimum Gasteiger partial charge on any atom is 1.00 e. The number of hydrogen-bond acceptors (Lipinski definition) is 6. The Kier molecular flexibility index (Phi) is 7.17. The van der Waals surface area contributed by atoms with Crippen LogP contribution in [0.4, 0.5) is 0 Å². The average Bonchev–Trinajstić information content (AvgIpc) is 2.26. The van der Waals surface area contributed by atoms with E-state index in [1.165, 1.54) is 0 Å². The van der Waals surface area contributed by atoms with Crippen LogP contribution in [0.25, 0.3) is 0 Å². The normalized spacial score (nSPS) is 11.6. The molecule has 0 radical (unpaired) electrons. The van der Waals surface area contributed by atoms with Crippen LogP contribution in [0.1, 0.15) is 0 Å². The second-order valence-electron chi connectivity index (χ2n) is 1.80. The monoisotopic (exact) mass is 371 g/mol. The molecule has 9 heteroatoms. The van der Waals surface area contributed by atoms with Crippen molar-refractivity contribution < 1.29 is 62.1 Å². The van der Waals surface area contributed by atoms with Gasteiger partial charge in [-0.05, 0) is 0 Å². The first-order chi connectivity index (χ1) is 5.97. The molecule has 0 aliphatic heterocycles. The van der Waals surface area contributed by atoms with Crippen LogP contribution in [-0.2, 0) is 10.7 Å². The van der Waals surface area contributed by atoms with E-state index in [9.17, 15) is 0 Å². The fourth-order valence-electron chi connectivity index (χ4n) is 0.265. The average molecular weight is 370 g/mol. The van der Waals surface area contributed by atoms with Crippen molar-refractivity contribution in [3.8, 4) is 29.8 Å². The molecular weight excluding hydrogens is 370 g/mol. The standard InChI is InChI=1S/6CN.Fe.K.Sn/c6*1-2;;;/q;;;;;;-3;+1;+4. The molecule has 0 fully saturated rings. The van der Waals surface area contributed by atoms with Crippen LogP contribution in [0.3, 0.4) is 0 Å². The van der Waals surface area contributed by atoms with Crippen molar-refractivity contribution in [1.82, 2.24) is 0 Å². The summed E-state index contributed by atoms with van der Waals surface area (Å²) >= 11 is 0. The molecule has 0 bridgehead atoms. The molecule has 0 aliphatic rings. The molecular formula is C6FeKN6Sn+2. The Bertz CT molecular complexity index is 397. The molecule has 0 heterocycles. The minimum atomic E-state index is -6.17. The fourth-order valence-corrected chi connectivity index (χ4v) is 1.09. The van der Waals surface area contributed by atoms with Crippen molar-refractivity contribution in [3.63, 3.8) is 0 Å². The van der Waals surface area contributed by atoms with E-state index in [1.807, 2.05) is 0 Å². The topological polar surface area (TPSA) is 143 Å². The van der Waals surface area contributed by atoms with Crippen molar-refractivity contribution >= 4 is 23.9 Å². The molecule has 0 rings (SSSR count). The van der Waals surface area contributed by atoms with Crippen molar-refractivity contribution in [1.29, 1.82) is 31.6 Å². The zero-order chi connectivity index (χ0) is 10.7. The van der Waals surface area contributed by atoms with Gasteiger partial charge in [0.15, 0.2) is 0 Å². The molecule has 0 spiro atoms. The van der Waals surface area contributed by atoms with Crippen LogP contribution >= 0.6 is 0 Å². The molecule has 0 unspecified atom stereocenters. The van der Waals surface area contributed by atoms with E-state index in [0.717, 1.165) is 29.8 Å². The molecule has 0 aromatic carbocycles. The zero-order valence-corrected chi connectivity index (χ0v) is 14.6. The molecule has 0 saturated heterocycles. The molecule has 0 aliphatic carbocycles. The van der Waals surface area contributed by atoms with Crippen molar-refractivity contribution in [3.05, 3.63) is 0 Å². The SMILES string of the molecule is N#[C][Fe-3]([C]#N)([C]#N)([C]#N)([C]#N)[C]#N.[K+].[Sn+4]. The summed E-state index contributed by atoms with van der Waals surface area (Å²) in [7, 11) is -6.17. The minimum absolute atomic E-state index is 0. The zero-order valence-electron chi connectivity index (χ0n) is 7.54. The van der Waals surface area contributed by atoms with Gasteiger partial charge in [-0.2, -0.15) is 0 Å². The van der Waals surface area contributed by atoms with Gasteiger partial charge in [0.2, 0.25) is 0 Å². The second-order valence-corrected chi connectivity index (χ2v) is 7.42. The number of nitrogens with zero attached hydrogens (tertiary/aromatic N) is 6. The second kappa shape index (κ2) is 5.29. The van der Waals surface area contributed by atoms with Gasteiger partial charge in [0.1, 0.15) is 0 Å². The molecule has 0 saturated carbocycles. The number of hydrogen-bond donors (Lipinski definition) is 0. The van der Waals surface area contributed by atoms with Gasteiger partial charge in [0, 0.05) is 0 Å². The number of rotatable bonds is 0. The Labute approximate surface area is 145 Å². The Morgan fingerprint density at radius 1 is 0.533 bits per heavy atom. The van der Waals surface area contributed by atoms with Crippen LogP contribution in [0.15, 0.2) is 0 Å². The first kappa shape index (κ1) is 20.3. The quantitative estimate of drug-likeness (QED) is 0.410. The van der Waals surface area contributed by atoms with Crippen LogP contribution in [0, 0.1) is 61.4 Å². The van der Waals surface area contributed by atoms with E-state index in [0.29, 0.717) is 0 Å². The van der Waals surface area contributed by atoms with Crippen LogP contribution in [0.5, 0.6) is 0 Å². The maximum Gasteiger partial charge on any atom is 4.00 e. The molecule has 0 atom stereocenters. The maximum absolute atomic E-state index is 8.58. The predicted molar refractivity (Wildman–Crippen MR) is 39.4 cm³/mol. The molecule has 6 nitrogen and oxygen atoms in total. The van der Waals surface area contributed by atoms with E-state index >= 15 is 0 Å². The molecule has 0 aromatic heterocycles. The van der Waals surface area contributed by atoms with Gasteiger partial charge in [-0.1, -0.05) is 0 Å². The predicted octanol–water partition coefficient (Wildman–Crippen LogP) is -3.28. The third-order valence-electron chi connectivity index (χ3n) is 1.19. The summed E-state index contributed by atoms with van der Waals surface area (Å²) in [6.07, 6.45) is 0. The van der Waals surface area contributed by atoms with E-state index < -0.39 is 10.7 Å². The van der Waals surface area contributed by atoms with E-state index in [1.54, 1.807) is 0 Å². The Balaban J connectivity index is -0.000000720. The summed E-state index contributed by atoms with van der Waals surface area (Å²) in [6, 6.07) is 0. The maximum atomic E-state index is 8.58.